The fraction of sp³-hybridized carbons (Fsp3) is 0.500. The van der Waals surface area contributed by atoms with E-state index in [2.05, 4.69) is 5.32 Å². The maximum Gasteiger partial charge on any atom is 0.321 e. The largest absolute Gasteiger partial charge is 0.481 e. The predicted octanol–water partition coefficient (Wildman–Crippen LogP) is 3.10. The Labute approximate surface area is 125 Å². The third kappa shape index (κ3) is 3.35. The van der Waals surface area contributed by atoms with Gasteiger partial charge in [-0.1, -0.05) is 19.1 Å². The number of hydrogen-bond donors (Lipinski definition) is 2. The summed E-state index contributed by atoms with van der Waals surface area (Å²) in [4.78, 5) is 25.5. The number of carboxylic acid groups (broad SMARTS) is 1. The lowest BCUT2D eigenvalue weighted by molar-refractivity contribution is -0.152. The van der Waals surface area contributed by atoms with Crippen LogP contribution >= 0.6 is 0 Å². The number of urea groups is 1. The Morgan fingerprint density at radius 3 is 2.81 bits per heavy atom. The minimum Gasteiger partial charge on any atom is -0.481 e. The van der Waals surface area contributed by atoms with E-state index in [0.717, 1.165) is 17.7 Å². The molecule has 1 aliphatic heterocycles. The van der Waals surface area contributed by atoms with E-state index in [1.54, 1.807) is 4.90 Å². The van der Waals surface area contributed by atoms with Crippen molar-refractivity contribution in [3.8, 4) is 0 Å². The van der Waals surface area contributed by atoms with E-state index in [9.17, 15) is 14.7 Å². The Balaban J connectivity index is 2.07. The van der Waals surface area contributed by atoms with Crippen LogP contribution in [0.15, 0.2) is 24.3 Å². The summed E-state index contributed by atoms with van der Waals surface area (Å²) in [6.45, 7) is 4.71. The Kier molecular flexibility index (Phi) is 4.50. The first-order valence-electron chi connectivity index (χ1n) is 7.33. The molecular formula is C16H22N2O3. The summed E-state index contributed by atoms with van der Waals surface area (Å²) >= 11 is 0. The van der Waals surface area contributed by atoms with E-state index in [0.29, 0.717) is 19.4 Å². The van der Waals surface area contributed by atoms with E-state index in [1.165, 1.54) is 0 Å². The first-order valence-corrected chi connectivity index (χ1v) is 7.33. The number of likely N-dealkylation sites (tertiary alicyclic amines) is 1. The summed E-state index contributed by atoms with van der Waals surface area (Å²) in [6, 6.07) is 7.35. The van der Waals surface area contributed by atoms with E-state index >= 15 is 0 Å². The van der Waals surface area contributed by atoms with Crippen molar-refractivity contribution >= 4 is 17.7 Å². The Bertz CT molecular complexity index is 544. The quantitative estimate of drug-likeness (QED) is 0.898. The third-order valence-corrected chi connectivity index (χ3v) is 4.26. The van der Waals surface area contributed by atoms with Gasteiger partial charge in [-0.15, -0.1) is 0 Å². The fourth-order valence-corrected chi connectivity index (χ4v) is 2.84. The molecule has 5 nitrogen and oxygen atoms in total. The Morgan fingerprint density at radius 2 is 2.19 bits per heavy atom. The lowest BCUT2D eigenvalue weighted by Crippen LogP contribution is -2.50. The first kappa shape index (κ1) is 15.4. The van der Waals surface area contributed by atoms with E-state index in [1.807, 2.05) is 38.1 Å². The molecular weight excluding hydrogens is 268 g/mol. The number of nitrogens with one attached hydrogen (secondary N) is 1. The second-order valence-corrected chi connectivity index (χ2v) is 5.76. The van der Waals surface area contributed by atoms with Crippen molar-refractivity contribution in [2.24, 2.45) is 5.41 Å². The van der Waals surface area contributed by atoms with Gasteiger partial charge in [-0.2, -0.15) is 0 Å². The van der Waals surface area contributed by atoms with Gasteiger partial charge in [0.15, 0.2) is 0 Å². The number of nitrogens with zero attached hydrogens (tertiary/aromatic N) is 1. The molecule has 0 bridgehead atoms. The molecule has 2 N–H and O–H groups in total. The number of carbonyl (C=O) groups excluding carboxylic acids is 1. The minimum atomic E-state index is -0.807. The number of carbonyl (C=O) groups is 2. The van der Waals surface area contributed by atoms with Crippen LogP contribution in [0.2, 0.25) is 0 Å². The SMILES string of the molecule is CCC1(C(=O)O)CCCN(C(=O)Nc2cccc(C)c2)C1. The standard InChI is InChI=1S/C16H22N2O3/c1-3-16(14(19)20)8-5-9-18(11-16)15(21)17-13-7-4-6-12(2)10-13/h4,6-7,10H,3,5,8-9,11H2,1-2H3,(H,17,21)(H,19,20). The average molecular weight is 290 g/mol. The number of aliphatic carboxylic acids is 1. The van der Waals surface area contributed by atoms with Gasteiger partial charge in [-0.3, -0.25) is 4.79 Å². The van der Waals surface area contributed by atoms with Crippen molar-refractivity contribution in [3.05, 3.63) is 29.8 Å². The van der Waals surface area contributed by atoms with Crippen molar-refractivity contribution in [1.29, 1.82) is 0 Å². The van der Waals surface area contributed by atoms with Crippen LogP contribution in [0.1, 0.15) is 31.7 Å². The lowest BCUT2D eigenvalue weighted by Gasteiger charge is -2.39. The maximum atomic E-state index is 12.3. The molecule has 0 aliphatic carbocycles. The molecule has 1 aromatic carbocycles. The summed E-state index contributed by atoms with van der Waals surface area (Å²) in [5, 5.41) is 12.3. The molecule has 1 unspecified atom stereocenters. The number of benzene rings is 1. The molecule has 0 saturated carbocycles. The van der Waals surface area contributed by atoms with Gasteiger partial charge >= 0.3 is 12.0 Å². The van der Waals surface area contributed by atoms with Gasteiger partial charge in [0.25, 0.3) is 0 Å². The number of piperidine rings is 1. The highest BCUT2D eigenvalue weighted by Crippen LogP contribution is 2.33. The number of rotatable bonds is 3. The molecule has 1 aliphatic rings. The molecule has 1 saturated heterocycles. The monoisotopic (exact) mass is 290 g/mol. The summed E-state index contributed by atoms with van der Waals surface area (Å²) in [5.41, 5.74) is 1.00. The first-order chi connectivity index (χ1) is 9.97. The molecule has 114 valence electrons. The molecule has 2 rings (SSSR count). The van der Waals surface area contributed by atoms with Crippen LogP contribution in [0.25, 0.3) is 0 Å². The van der Waals surface area contributed by atoms with Crippen molar-refractivity contribution in [1.82, 2.24) is 4.90 Å². The third-order valence-electron chi connectivity index (χ3n) is 4.26. The lowest BCUT2D eigenvalue weighted by atomic mass is 9.78. The van der Waals surface area contributed by atoms with Crippen molar-refractivity contribution in [2.45, 2.75) is 33.1 Å². The highest BCUT2D eigenvalue weighted by molar-refractivity contribution is 5.90. The molecule has 1 atom stereocenters. The van der Waals surface area contributed by atoms with Crippen LogP contribution in [-0.2, 0) is 4.79 Å². The van der Waals surface area contributed by atoms with Crippen molar-refractivity contribution in [2.75, 3.05) is 18.4 Å². The normalized spacial score (nSPS) is 21.9. The van der Waals surface area contributed by atoms with Gasteiger partial charge in [-0.25, -0.2) is 4.79 Å². The summed E-state index contributed by atoms with van der Waals surface area (Å²) in [7, 11) is 0. The van der Waals surface area contributed by atoms with E-state index in [-0.39, 0.29) is 12.6 Å². The number of carboxylic acids is 1. The van der Waals surface area contributed by atoms with Gasteiger partial charge in [-0.05, 0) is 43.9 Å². The fourth-order valence-electron chi connectivity index (χ4n) is 2.84. The van der Waals surface area contributed by atoms with Gasteiger partial charge in [0.1, 0.15) is 0 Å². The molecule has 21 heavy (non-hydrogen) atoms. The zero-order chi connectivity index (χ0) is 15.5. The van der Waals surface area contributed by atoms with Crippen LogP contribution < -0.4 is 5.32 Å². The van der Waals surface area contributed by atoms with E-state index < -0.39 is 11.4 Å². The van der Waals surface area contributed by atoms with Gasteiger partial charge in [0.05, 0.1) is 5.41 Å². The Morgan fingerprint density at radius 1 is 1.43 bits per heavy atom. The van der Waals surface area contributed by atoms with Crippen LogP contribution in [0.4, 0.5) is 10.5 Å². The summed E-state index contributed by atoms with van der Waals surface area (Å²) in [5.74, 6) is -0.807. The van der Waals surface area contributed by atoms with Gasteiger partial charge in [0.2, 0.25) is 0 Å². The molecule has 1 heterocycles. The topological polar surface area (TPSA) is 69.6 Å². The summed E-state index contributed by atoms with van der Waals surface area (Å²) in [6.07, 6.45) is 1.89. The molecule has 0 spiro atoms. The average Bonchev–Trinajstić information content (AvgIpc) is 2.47. The van der Waals surface area contributed by atoms with Crippen molar-refractivity contribution in [3.63, 3.8) is 0 Å². The van der Waals surface area contributed by atoms with Crippen LogP contribution in [-0.4, -0.2) is 35.1 Å². The number of amides is 2. The zero-order valence-corrected chi connectivity index (χ0v) is 12.6. The number of aryl methyl sites for hydroxylation is 1. The van der Waals surface area contributed by atoms with Gasteiger partial charge in [0, 0.05) is 18.8 Å². The number of hydrogen-bond acceptors (Lipinski definition) is 2. The second-order valence-electron chi connectivity index (χ2n) is 5.76. The number of anilines is 1. The minimum absolute atomic E-state index is 0.223. The molecule has 2 amide bonds. The van der Waals surface area contributed by atoms with Crippen LogP contribution in [0.5, 0.6) is 0 Å². The smallest absolute Gasteiger partial charge is 0.321 e. The zero-order valence-electron chi connectivity index (χ0n) is 12.6. The molecule has 1 aromatic rings. The highest BCUT2D eigenvalue weighted by Gasteiger charge is 2.42. The predicted molar refractivity (Wildman–Crippen MR) is 81.4 cm³/mol. The van der Waals surface area contributed by atoms with Gasteiger partial charge < -0.3 is 15.3 Å². The summed E-state index contributed by atoms with van der Waals surface area (Å²) < 4.78 is 0. The van der Waals surface area contributed by atoms with Crippen LogP contribution in [0, 0.1) is 12.3 Å². The van der Waals surface area contributed by atoms with E-state index in [4.69, 9.17) is 0 Å². The molecule has 0 aromatic heterocycles. The second kappa shape index (κ2) is 6.16. The highest BCUT2D eigenvalue weighted by atomic mass is 16.4. The molecule has 0 radical (unpaired) electrons. The van der Waals surface area contributed by atoms with Crippen molar-refractivity contribution < 1.29 is 14.7 Å². The maximum absolute atomic E-state index is 12.3. The molecule has 1 fully saturated rings. The Hall–Kier alpha value is -2.04. The molecule has 5 heteroatoms. The van der Waals surface area contributed by atoms with Crippen LogP contribution in [0.3, 0.4) is 0 Å².